The Morgan fingerprint density at radius 1 is 0.974 bits per heavy atom. The number of anilines is 1. The van der Waals surface area contributed by atoms with Gasteiger partial charge in [-0.2, -0.15) is 26.3 Å². The Morgan fingerprint density at radius 3 is 1.90 bits per heavy atom. The quantitative estimate of drug-likeness (QED) is 0.504. The lowest BCUT2D eigenvalue weighted by Crippen LogP contribution is -2.54. The van der Waals surface area contributed by atoms with Crippen LogP contribution in [0, 0.1) is 12.3 Å². The number of rotatable bonds is 4. The first-order chi connectivity index (χ1) is 18.0. The first-order valence-electron chi connectivity index (χ1n) is 11.9. The fourth-order valence-corrected chi connectivity index (χ4v) is 4.48. The van der Waals surface area contributed by atoms with Crippen molar-refractivity contribution in [1.29, 1.82) is 0 Å². The number of hydrogen-bond donors (Lipinski definition) is 2. The molecular weight excluding hydrogens is 534 g/mol. The molecule has 0 radical (unpaired) electrons. The molecule has 39 heavy (non-hydrogen) atoms. The summed E-state index contributed by atoms with van der Waals surface area (Å²) in [7, 11) is 2.27. The molecule has 2 aliphatic rings. The van der Waals surface area contributed by atoms with Crippen LogP contribution in [0.4, 0.5) is 32.2 Å². The lowest BCUT2D eigenvalue weighted by atomic mass is 9.60. The molecule has 1 aliphatic heterocycles. The van der Waals surface area contributed by atoms with Gasteiger partial charge in [-0.3, -0.25) is 9.88 Å². The van der Waals surface area contributed by atoms with Crippen LogP contribution in [0.3, 0.4) is 0 Å². The summed E-state index contributed by atoms with van der Waals surface area (Å²) in [6, 6.07) is 11.3. The molecule has 14 heteroatoms. The van der Waals surface area contributed by atoms with Crippen LogP contribution in [0.5, 0.6) is 0 Å². The summed E-state index contributed by atoms with van der Waals surface area (Å²) >= 11 is 0. The fourth-order valence-electron chi connectivity index (χ4n) is 4.48. The van der Waals surface area contributed by atoms with Gasteiger partial charge in [0.25, 0.3) is 0 Å². The highest BCUT2D eigenvalue weighted by molar-refractivity contribution is 5.73. The molecule has 1 saturated carbocycles. The van der Waals surface area contributed by atoms with E-state index in [1.54, 1.807) is 0 Å². The number of piperidine rings is 1. The Kier molecular flexibility index (Phi) is 10.7. The molecule has 4 rings (SSSR count). The van der Waals surface area contributed by atoms with E-state index in [1.807, 2.05) is 12.4 Å². The van der Waals surface area contributed by atoms with Crippen molar-refractivity contribution in [1.82, 2.24) is 14.9 Å². The van der Waals surface area contributed by atoms with Crippen LogP contribution in [-0.4, -0.2) is 75.6 Å². The lowest BCUT2D eigenvalue weighted by molar-refractivity contribution is -0.193. The Labute approximate surface area is 221 Å². The Balaban J connectivity index is 0.000000317. The highest BCUT2D eigenvalue weighted by Crippen LogP contribution is 2.51. The Hall–Kier alpha value is -3.42. The number of alkyl halides is 6. The Morgan fingerprint density at radius 2 is 1.46 bits per heavy atom. The molecule has 1 saturated heterocycles. The molecule has 2 aromatic rings. The molecule has 0 amide bonds. The molecule has 0 bridgehead atoms. The summed E-state index contributed by atoms with van der Waals surface area (Å²) in [6.07, 6.45) is -1.07. The van der Waals surface area contributed by atoms with Gasteiger partial charge in [-0.05, 0) is 74.9 Å². The van der Waals surface area contributed by atoms with Crippen LogP contribution >= 0.6 is 0 Å². The van der Waals surface area contributed by atoms with Crippen molar-refractivity contribution >= 4 is 17.8 Å². The number of aliphatic carboxylic acids is 2. The van der Waals surface area contributed by atoms with Gasteiger partial charge >= 0.3 is 24.3 Å². The van der Waals surface area contributed by atoms with Gasteiger partial charge in [0.2, 0.25) is 0 Å². The normalized spacial score (nSPS) is 16.9. The van der Waals surface area contributed by atoms with Crippen LogP contribution in [0.2, 0.25) is 0 Å². The molecule has 1 aliphatic carbocycles. The predicted octanol–water partition coefficient (Wildman–Crippen LogP) is 4.93. The zero-order valence-electron chi connectivity index (χ0n) is 21.3. The SMILES string of the molecule is Cc1cccc(N2CCC3(CC2)CC(N(C)Cc2ccncc2)C3)n1.O=C(O)C(F)(F)F.O=C(O)C(F)(F)F. The molecule has 0 aromatic carbocycles. The Bertz CT molecular complexity index is 1060. The minimum atomic E-state index is -5.08. The molecule has 1 spiro atoms. The third kappa shape index (κ3) is 10.0. The molecule has 2 fully saturated rings. The largest absolute Gasteiger partial charge is 0.490 e. The van der Waals surface area contributed by atoms with E-state index in [0.717, 1.165) is 37.2 Å². The van der Waals surface area contributed by atoms with Crippen LogP contribution < -0.4 is 4.90 Å². The maximum absolute atomic E-state index is 10.6. The van der Waals surface area contributed by atoms with Crippen molar-refractivity contribution in [3.63, 3.8) is 0 Å². The van der Waals surface area contributed by atoms with Crippen LogP contribution in [0.1, 0.15) is 36.9 Å². The van der Waals surface area contributed by atoms with Crippen molar-refractivity contribution in [3.05, 3.63) is 54.0 Å². The van der Waals surface area contributed by atoms with Gasteiger partial charge in [-0.1, -0.05) is 6.07 Å². The smallest absolute Gasteiger partial charge is 0.475 e. The monoisotopic (exact) mass is 564 g/mol. The molecule has 0 atom stereocenters. The zero-order valence-corrected chi connectivity index (χ0v) is 21.3. The van der Waals surface area contributed by atoms with Crippen LogP contribution in [0.25, 0.3) is 0 Å². The molecule has 0 unspecified atom stereocenters. The number of hydrogen-bond acceptors (Lipinski definition) is 6. The zero-order chi connectivity index (χ0) is 29.4. The standard InChI is InChI=1S/C21H28N4.2C2HF3O2/c1-17-4-3-5-20(23-17)25-12-8-21(9-13-25)14-19(15-21)24(2)16-18-6-10-22-11-7-18;2*3-2(4,5)1(6)7/h3-7,10-11,19H,8-9,12-16H2,1-2H3;2*(H,6,7). The minimum absolute atomic E-state index is 0.581. The molecule has 2 N–H and O–H groups in total. The van der Waals surface area contributed by atoms with Crippen molar-refractivity contribution in [2.24, 2.45) is 5.41 Å². The second-order valence-corrected chi connectivity index (χ2v) is 9.56. The van der Waals surface area contributed by atoms with E-state index in [2.05, 4.69) is 59.1 Å². The van der Waals surface area contributed by atoms with E-state index >= 15 is 0 Å². The number of halogens is 6. The summed E-state index contributed by atoms with van der Waals surface area (Å²) in [4.78, 5) is 31.6. The summed E-state index contributed by atoms with van der Waals surface area (Å²) in [5.41, 5.74) is 3.05. The van der Waals surface area contributed by atoms with Gasteiger partial charge in [0.1, 0.15) is 5.82 Å². The molecule has 3 heterocycles. The van der Waals surface area contributed by atoms with Crippen molar-refractivity contribution in [2.75, 3.05) is 25.0 Å². The van der Waals surface area contributed by atoms with E-state index in [0.29, 0.717) is 5.41 Å². The fraction of sp³-hybridized carbons (Fsp3) is 0.520. The topological polar surface area (TPSA) is 107 Å². The van der Waals surface area contributed by atoms with Gasteiger partial charge in [0.15, 0.2) is 0 Å². The van der Waals surface area contributed by atoms with Crippen molar-refractivity contribution in [3.8, 4) is 0 Å². The third-order valence-corrected chi connectivity index (χ3v) is 6.65. The van der Waals surface area contributed by atoms with Crippen LogP contribution in [0.15, 0.2) is 42.7 Å². The first kappa shape index (κ1) is 31.8. The average Bonchev–Trinajstić information content (AvgIpc) is 2.83. The summed E-state index contributed by atoms with van der Waals surface area (Å²) in [5, 5.41) is 14.2. The summed E-state index contributed by atoms with van der Waals surface area (Å²) < 4.78 is 63.5. The van der Waals surface area contributed by atoms with E-state index in [1.165, 1.54) is 31.2 Å². The van der Waals surface area contributed by atoms with Gasteiger partial charge in [0.05, 0.1) is 0 Å². The second-order valence-electron chi connectivity index (χ2n) is 9.56. The maximum atomic E-state index is 10.6. The van der Waals surface area contributed by atoms with Gasteiger partial charge in [-0.15, -0.1) is 0 Å². The summed E-state index contributed by atoms with van der Waals surface area (Å²) in [5.74, 6) is -4.36. The number of carbonyl (C=O) groups is 2. The van der Waals surface area contributed by atoms with Gasteiger partial charge in [-0.25, -0.2) is 14.6 Å². The maximum Gasteiger partial charge on any atom is 0.490 e. The summed E-state index contributed by atoms with van der Waals surface area (Å²) in [6.45, 7) is 5.40. The predicted molar refractivity (Wildman–Crippen MR) is 129 cm³/mol. The number of pyridine rings is 2. The molecule has 8 nitrogen and oxygen atoms in total. The number of nitrogens with zero attached hydrogens (tertiary/aromatic N) is 4. The average molecular weight is 565 g/mol. The minimum Gasteiger partial charge on any atom is -0.475 e. The number of aryl methyl sites for hydroxylation is 1. The van der Waals surface area contributed by atoms with E-state index in [9.17, 15) is 26.3 Å². The number of carboxylic acids is 2. The van der Waals surface area contributed by atoms with E-state index < -0.39 is 24.3 Å². The third-order valence-electron chi connectivity index (χ3n) is 6.65. The highest BCUT2D eigenvalue weighted by atomic mass is 19.4. The first-order valence-corrected chi connectivity index (χ1v) is 11.9. The van der Waals surface area contributed by atoms with Gasteiger partial charge in [0, 0.05) is 43.8 Å². The highest BCUT2D eigenvalue weighted by Gasteiger charge is 2.47. The van der Waals surface area contributed by atoms with Crippen molar-refractivity contribution in [2.45, 2.75) is 57.5 Å². The molecule has 2 aromatic heterocycles. The lowest BCUT2D eigenvalue weighted by Gasteiger charge is -2.55. The number of aromatic nitrogens is 2. The number of carboxylic acid groups (broad SMARTS) is 2. The van der Waals surface area contributed by atoms with E-state index in [-0.39, 0.29) is 0 Å². The van der Waals surface area contributed by atoms with E-state index in [4.69, 9.17) is 24.8 Å². The molecule has 216 valence electrons. The molecular formula is C25H30F6N4O4. The van der Waals surface area contributed by atoms with Gasteiger partial charge < -0.3 is 15.1 Å². The van der Waals surface area contributed by atoms with Crippen molar-refractivity contribution < 1.29 is 46.1 Å². The second kappa shape index (κ2) is 13.1. The van der Waals surface area contributed by atoms with Crippen LogP contribution in [-0.2, 0) is 16.1 Å².